The molecule has 0 aliphatic rings. The zero-order valence-corrected chi connectivity index (χ0v) is 12.5. The van der Waals surface area contributed by atoms with Crippen molar-refractivity contribution in [2.45, 2.75) is 20.8 Å². The quantitative estimate of drug-likeness (QED) is 0.881. The second kappa shape index (κ2) is 7.06. The van der Waals surface area contributed by atoms with Gasteiger partial charge in [0.1, 0.15) is 0 Å². The van der Waals surface area contributed by atoms with E-state index in [4.69, 9.17) is 0 Å². The van der Waals surface area contributed by atoms with E-state index in [0.717, 1.165) is 23.1 Å². The Bertz CT molecular complexity index is 517. The molecular formula is C13H26N2O2S. The molecule has 0 spiro atoms. The van der Waals surface area contributed by atoms with Gasteiger partial charge >= 0.3 is 0 Å². The Kier molecular flexibility index (Phi) is 6.47. The fraction of sp³-hybridized carbons (Fsp3) is 0.385. The van der Waals surface area contributed by atoms with Gasteiger partial charge in [-0.1, -0.05) is 20.4 Å². The second-order valence-electron chi connectivity index (χ2n) is 3.66. The van der Waals surface area contributed by atoms with Crippen LogP contribution in [-0.4, -0.2) is 21.7 Å². The van der Waals surface area contributed by atoms with Gasteiger partial charge in [0.15, 0.2) is 0 Å². The molecule has 0 unspecified atom stereocenters. The third kappa shape index (κ3) is 5.23. The molecule has 1 aromatic rings. The molecule has 1 rings (SSSR count). The summed E-state index contributed by atoms with van der Waals surface area (Å²) in [5.74, 6) is 0. The molecule has 106 valence electrons. The lowest BCUT2D eigenvalue weighted by Crippen LogP contribution is -2.09. The van der Waals surface area contributed by atoms with Gasteiger partial charge in [-0.15, -0.1) is 0 Å². The summed E-state index contributed by atoms with van der Waals surface area (Å²) in [6.45, 7) is 9.73. The standard InChI is InChI=1S/C11H16N2O2S.C2H6.2H2/c1-8(2)10-7-9(13-16(4,14)15)5-6-11(10)12-3;1-2;;/h5-7,12-13H,1H2,2-4H3;1-2H3;2*1H. The van der Waals surface area contributed by atoms with Gasteiger partial charge in [0.05, 0.1) is 6.26 Å². The van der Waals surface area contributed by atoms with E-state index in [-0.39, 0.29) is 2.85 Å². The van der Waals surface area contributed by atoms with Crippen LogP contribution in [0, 0.1) is 0 Å². The molecule has 1 aromatic carbocycles. The van der Waals surface area contributed by atoms with Crippen molar-refractivity contribution in [1.82, 2.24) is 0 Å². The van der Waals surface area contributed by atoms with Crippen LogP contribution >= 0.6 is 0 Å². The van der Waals surface area contributed by atoms with Gasteiger partial charge in [0, 0.05) is 26.8 Å². The highest BCUT2D eigenvalue weighted by Gasteiger charge is 2.06. The number of anilines is 2. The topological polar surface area (TPSA) is 58.2 Å². The average molecular weight is 274 g/mol. The minimum atomic E-state index is -3.24. The Balaban J connectivity index is -0.000000689. The number of hydrogen-bond donors (Lipinski definition) is 2. The predicted octanol–water partition coefficient (Wildman–Crippen LogP) is 3.65. The predicted molar refractivity (Wildman–Crippen MR) is 84.7 cm³/mol. The maximum Gasteiger partial charge on any atom is 0.229 e. The Morgan fingerprint density at radius 3 is 2.28 bits per heavy atom. The van der Waals surface area contributed by atoms with Gasteiger partial charge in [0.2, 0.25) is 10.0 Å². The molecule has 0 saturated carbocycles. The van der Waals surface area contributed by atoms with Gasteiger partial charge in [0.25, 0.3) is 0 Å². The van der Waals surface area contributed by atoms with E-state index in [1.165, 1.54) is 0 Å². The third-order valence-corrected chi connectivity index (χ3v) is 2.66. The Hall–Kier alpha value is -1.49. The monoisotopic (exact) mass is 274 g/mol. The van der Waals surface area contributed by atoms with Crippen LogP contribution in [-0.2, 0) is 10.0 Å². The van der Waals surface area contributed by atoms with Crippen LogP contribution in [0.15, 0.2) is 24.8 Å². The maximum atomic E-state index is 11.1. The van der Waals surface area contributed by atoms with Gasteiger partial charge in [-0.3, -0.25) is 4.72 Å². The molecule has 0 atom stereocenters. The summed E-state index contributed by atoms with van der Waals surface area (Å²) >= 11 is 0. The first-order chi connectivity index (χ1) is 8.33. The van der Waals surface area contributed by atoms with Gasteiger partial charge in [-0.25, -0.2) is 8.42 Å². The highest BCUT2D eigenvalue weighted by molar-refractivity contribution is 7.92. The normalized spacial score (nSPS) is 10.1. The molecule has 0 aromatic heterocycles. The van der Waals surface area contributed by atoms with Crippen molar-refractivity contribution >= 4 is 27.0 Å². The number of rotatable bonds is 4. The van der Waals surface area contributed by atoms with E-state index < -0.39 is 10.0 Å². The fourth-order valence-corrected chi connectivity index (χ4v) is 1.95. The van der Waals surface area contributed by atoms with E-state index in [9.17, 15) is 8.42 Å². The van der Waals surface area contributed by atoms with Crippen LogP contribution < -0.4 is 10.0 Å². The molecule has 18 heavy (non-hydrogen) atoms. The van der Waals surface area contributed by atoms with Crippen molar-refractivity contribution < 1.29 is 11.3 Å². The molecule has 0 amide bonds. The molecule has 0 heterocycles. The first kappa shape index (κ1) is 16.5. The summed E-state index contributed by atoms with van der Waals surface area (Å²) in [6.07, 6.45) is 1.12. The van der Waals surface area contributed by atoms with E-state index in [0.29, 0.717) is 5.69 Å². The zero-order chi connectivity index (χ0) is 14.3. The van der Waals surface area contributed by atoms with Crippen molar-refractivity contribution in [3.05, 3.63) is 30.3 Å². The Morgan fingerprint density at radius 2 is 1.89 bits per heavy atom. The number of nitrogens with one attached hydrogen (secondary N) is 2. The summed E-state index contributed by atoms with van der Waals surface area (Å²) in [6, 6.07) is 5.28. The molecule has 2 N–H and O–H groups in total. The largest absolute Gasteiger partial charge is 0.388 e. The van der Waals surface area contributed by atoms with Crippen molar-refractivity contribution in [3.8, 4) is 0 Å². The van der Waals surface area contributed by atoms with Crippen molar-refractivity contribution in [2.24, 2.45) is 0 Å². The summed E-state index contributed by atoms with van der Waals surface area (Å²) in [5.41, 5.74) is 3.24. The Morgan fingerprint density at radius 1 is 1.33 bits per heavy atom. The summed E-state index contributed by atoms with van der Waals surface area (Å²) in [7, 11) is -1.43. The lowest BCUT2D eigenvalue weighted by atomic mass is 10.1. The molecule has 0 aliphatic heterocycles. The van der Waals surface area contributed by atoms with Crippen LogP contribution in [0.25, 0.3) is 5.57 Å². The highest BCUT2D eigenvalue weighted by atomic mass is 32.2. The van der Waals surface area contributed by atoms with Gasteiger partial charge < -0.3 is 5.32 Å². The highest BCUT2D eigenvalue weighted by Crippen LogP contribution is 2.26. The van der Waals surface area contributed by atoms with Gasteiger partial charge in [-0.2, -0.15) is 0 Å². The van der Waals surface area contributed by atoms with E-state index in [2.05, 4.69) is 16.6 Å². The lowest BCUT2D eigenvalue weighted by molar-refractivity contribution is 0.607. The fourth-order valence-electron chi connectivity index (χ4n) is 1.39. The maximum absolute atomic E-state index is 11.1. The molecule has 5 heteroatoms. The number of allylic oxidation sites excluding steroid dienone is 1. The number of sulfonamides is 1. The molecule has 0 radical (unpaired) electrons. The van der Waals surface area contributed by atoms with E-state index in [1.807, 2.05) is 33.9 Å². The molecule has 0 fully saturated rings. The van der Waals surface area contributed by atoms with Gasteiger partial charge in [-0.05, 0) is 30.7 Å². The SMILES string of the molecule is C=C(C)c1cc(NS(C)(=O)=O)ccc1NC.CC.[HH].[HH]. The molecule has 4 nitrogen and oxygen atoms in total. The van der Waals surface area contributed by atoms with Crippen LogP contribution in [0.4, 0.5) is 11.4 Å². The van der Waals surface area contributed by atoms with E-state index >= 15 is 0 Å². The summed E-state index contributed by atoms with van der Waals surface area (Å²) < 4.78 is 24.6. The number of hydrogen-bond acceptors (Lipinski definition) is 3. The van der Waals surface area contributed by atoms with Crippen LogP contribution in [0.5, 0.6) is 0 Å². The smallest absolute Gasteiger partial charge is 0.229 e. The van der Waals surface area contributed by atoms with Crippen molar-refractivity contribution in [1.29, 1.82) is 0 Å². The minimum absolute atomic E-state index is 0. The minimum Gasteiger partial charge on any atom is -0.388 e. The second-order valence-corrected chi connectivity index (χ2v) is 5.41. The first-order valence-electron chi connectivity index (χ1n) is 5.79. The van der Waals surface area contributed by atoms with E-state index in [1.54, 1.807) is 12.1 Å². The van der Waals surface area contributed by atoms with Crippen LogP contribution in [0.1, 0.15) is 29.2 Å². The van der Waals surface area contributed by atoms with Crippen molar-refractivity contribution in [3.63, 3.8) is 0 Å². The molecule has 0 saturated heterocycles. The lowest BCUT2D eigenvalue weighted by Gasteiger charge is -2.11. The molecule has 0 aliphatic carbocycles. The van der Waals surface area contributed by atoms with Crippen molar-refractivity contribution in [2.75, 3.05) is 23.3 Å². The van der Waals surface area contributed by atoms with Crippen LogP contribution in [0.2, 0.25) is 0 Å². The first-order valence-corrected chi connectivity index (χ1v) is 7.68. The third-order valence-electron chi connectivity index (χ3n) is 2.05. The summed E-state index contributed by atoms with van der Waals surface area (Å²) in [4.78, 5) is 0. The number of benzene rings is 1. The zero-order valence-electron chi connectivity index (χ0n) is 11.7. The van der Waals surface area contributed by atoms with Crippen LogP contribution in [0.3, 0.4) is 0 Å². The molecular weight excluding hydrogens is 248 g/mol. The Labute approximate surface area is 113 Å². The summed E-state index contributed by atoms with van der Waals surface area (Å²) in [5, 5.41) is 3.03. The molecule has 0 bridgehead atoms. The average Bonchev–Trinajstić information content (AvgIpc) is 2.29.